The fraction of sp³-hybridized carbons (Fsp3) is 0.222. The van der Waals surface area contributed by atoms with E-state index in [1.54, 1.807) is 0 Å². The second kappa shape index (κ2) is 7.98. The van der Waals surface area contributed by atoms with Gasteiger partial charge in [0.2, 0.25) is 0 Å². The summed E-state index contributed by atoms with van der Waals surface area (Å²) in [6, 6.07) is 15.2. The minimum atomic E-state index is 0.0132. The zero-order chi connectivity index (χ0) is 14.9. The zero-order valence-electron chi connectivity index (χ0n) is 12.0. The molecule has 0 radical (unpaired) electrons. The Bertz CT molecular complexity index is 604. The molecule has 21 heavy (non-hydrogen) atoms. The number of rotatable bonds is 5. The monoisotopic (exact) mass is 282 g/mol. The van der Waals surface area contributed by atoms with Gasteiger partial charge in [0.05, 0.1) is 13.2 Å². The molecule has 0 heterocycles. The van der Waals surface area contributed by atoms with Crippen LogP contribution in [0.15, 0.2) is 48.5 Å². The molecule has 0 fully saturated rings. The third-order valence-electron chi connectivity index (χ3n) is 2.73. The third-order valence-corrected chi connectivity index (χ3v) is 2.73. The highest BCUT2D eigenvalue weighted by atomic mass is 16.5. The Morgan fingerprint density at radius 2 is 1.29 bits per heavy atom. The molecule has 0 aromatic heterocycles. The molecule has 3 heteroatoms. The Morgan fingerprint density at radius 3 is 1.71 bits per heavy atom. The molecule has 2 aromatic carbocycles. The molecule has 0 amide bonds. The lowest BCUT2D eigenvalue weighted by atomic mass is 10.2. The highest BCUT2D eigenvalue weighted by Gasteiger charge is 1.94. The van der Waals surface area contributed by atoms with Gasteiger partial charge in [-0.3, -0.25) is 0 Å². The van der Waals surface area contributed by atoms with E-state index in [0.717, 1.165) is 22.6 Å². The van der Waals surface area contributed by atoms with Gasteiger partial charge in [0.15, 0.2) is 0 Å². The quantitative estimate of drug-likeness (QED) is 0.857. The number of aliphatic hydroxyl groups is 1. The van der Waals surface area contributed by atoms with E-state index in [1.807, 2.05) is 55.5 Å². The van der Waals surface area contributed by atoms with Crippen molar-refractivity contribution in [2.75, 3.05) is 19.8 Å². The molecular weight excluding hydrogens is 264 g/mol. The average Bonchev–Trinajstić information content (AvgIpc) is 2.53. The van der Waals surface area contributed by atoms with Gasteiger partial charge in [-0.25, -0.2) is 0 Å². The summed E-state index contributed by atoms with van der Waals surface area (Å²) in [4.78, 5) is 0. The van der Waals surface area contributed by atoms with Crippen LogP contribution in [0.1, 0.15) is 18.1 Å². The van der Waals surface area contributed by atoms with Crippen molar-refractivity contribution in [2.24, 2.45) is 0 Å². The van der Waals surface area contributed by atoms with Crippen molar-refractivity contribution in [1.82, 2.24) is 0 Å². The number of benzene rings is 2. The second-order valence-corrected chi connectivity index (χ2v) is 4.30. The van der Waals surface area contributed by atoms with Crippen molar-refractivity contribution < 1.29 is 14.6 Å². The zero-order valence-corrected chi connectivity index (χ0v) is 12.0. The largest absolute Gasteiger partial charge is 0.494 e. The summed E-state index contributed by atoms with van der Waals surface area (Å²) < 4.78 is 10.7. The van der Waals surface area contributed by atoms with Crippen molar-refractivity contribution in [3.63, 3.8) is 0 Å². The lowest BCUT2D eigenvalue weighted by molar-refractivity contribution is 0.201. The molecule has 0 bridgehead atoms. The van der Waals surface area contributed by atoms with Gasteiger partial charge in [0, 0.05) is 11.1 Å². The van der Waals surface area contributed by atoms with Crippen LogP contribution in [0.2, 0.25) is 0 Å². The molecule has 0 spiro atoms. The number of aliphatic hydroxyl groups excluding tert-OH is 1. The highest BCUT2D eigenvalue weighted by molar-refractivity contribution is 5.45. The normalized spacial score (nSPS) is 9.62. The van der Waals surface area contributed by atoms with E-state index in [-0.39, 0.29) is 6.61 Å². The molecule has 0 unspecified atom stereocenters. The van der Waals surface area contributed by atoms with Gasteiger partial charge in [-0.2, -0.15) is 0 Å². The highest BCUT2D eigenvalue weighted by Crippen LogP contribution is 2.13. The first kappa shape index (κ1) is 15.0. The molecule has 0 saturated carbocycles. The first-order valence-electron chi connectivity index (χ1n) is 6.90. The van der Waals surface area contributed by atoms with E-state index in [2.05, 4.69) is 11.8 Å². The second-order valence-electron chi connectivity index (χ2n) is 4.30. The Kier molecular flexibility index (Phi) is 5.69. The average molecular weight is 282 g/mol. The third kappa shape index (κ3) is 4.87. The Labute approximate surface area is 125 Å². The maximum absolute atomic E-state index is 8.69. The molecule has 0 aliphatic carbocycles. The van der Waals surface area contributed by atoms with Crippen LogP contribution in [0, 0.1) is 11.8 Å². The van der Waals surface area contributed by atoms with E-state index in [9.17, 15) is 0 Å². The number of hydrogen-bond donors (Lipinski definition) is 1. The standard InChI is InChI=1S/C18H18O3/c1-2-20-17-9-5-15(6-10-17)3-4-16-7-11-18(12-8-16)21-14-13-19/h5-12,19H,2,13-14H2,1H3. The molecule has 3 nitrogen and oxygen atoms in total. The van der Waals surface area contributed by atoms with E-state index in [1.165, 1.54) is 0 Å². The van der Waals surface area contributed by atoms with Crippen molar-refractivity contribution in [3.8, 4) is 23.3 Å². The van der Waals surface area contributed by atoms with Gasteiger partial charge in [-0.1, -0.05) is 11.8 Å². The van der Waals surface area contributed by atoms with Crippen LogP contribution in [0.4, 0.5) is 0 Å². The molecule has 108 valence electrons. The predicted molar refractivity (Wildman–Crippen MR) is 82.6 cm³/mol. The summed E-state index contributed by atoms with van der Waals surface area (Å²) in [7, 11) is 0. The van der Waals surface area contributed by atoms with Crippen molar-refractivity contribution >= 4 is 0 Å². The van der Waals surface area contributed by atoms with Crippen LogP contribution in [-0.2, 0) is 0 Å². The van der Waals surface area contributed by atoms with E-state index < -0.39 is 0 Å². The summed E-state index contributed by atoms with van der Waals surface area (Å²) in [5.74, 6) is 7.79. The number of ether oxygens (including phenoxy) is 2. The molecule has 0 aliphatic rings. The summed E-state index contributed by atoms with van der Waals surface area (Å²) in [6.07, 6.45) is 0. The number of hydrogen-bond acceptors (Lipinski definition) is 3. The van der Waals surface area contributed by atoms with E-state index >= 15 is 0 Å². The molecular formula is C18H18O3. The topological polar surface area (TPSA) is 38.7 Å². The maximum Gasteiger partial charge on any atom is 0.119 e. The van der Waals surface area contributed by atoms with Crippen LogP contribution in [0.25, 0.3) is 0 Å². The van der Waals surface area contributed by atoms with Gasteiger partial charge in [0.25, 0.3) is 0 Å². The van der Waals surface area contributed by atoms with Gasteiger partial charge in [-0.15, -0.1) is 0 Å². The summed E-state index contributed by atoms with van der Waals surface area (Å²) in [5, 5.41) is 8.69. The Morgan fingerprint density at radius 1 is 0.810 bits per heavy atom. The minimum absolute atomic E-state index is 0.0132. The maximum atomic E-state index is 8.69. The van der Waals surface area contributed by atoms with Crippen molar-refractivity contribution in [2.45, 2.75) is 6.92 Å². The molecule has 1 N–H and O–H groups in total. The van der Waals surface area contributed by atoms with Crippen LogP contribution in [0.3, 0.4) is 0 Å². The summed E-state index contributed by atoms with van der Waals surface area (Å²) in [6.45, 7) is 2.94. The van der Waals surface area contributed by atoms with Gasteiger partial charge < -0.3 is 14.6 Å². The molecule has 0 aliphatic heterocycles. The van der Waals surface area contributed by atoms with E-state index in [4.69, 9.17) is 14.6 Å². The molecule has 2 rings (SSSR count). The predicted octanol–water partition coefficient (Wildman–Crippen LogP) is 2.86. The van der Waals surface area contributed by atoms with Crippen LogP contribution in [0.5, 0.6) is 11.5 Å². The lowest BCUT2D eigenvalue weighted by Gasteiger charge is -2.03. The van der Waals surface area contributed by atoms with Crippen molar-refractivity contribution in [3.05, 3.63) is 59.7 Å². The van der Waals surface area contributed by atoms with Crippen LogP contribution >= 0.6 is 0 Å². The van der Waals surface area contributed by atoms with Crippen molar-refractivity contribution in [1.29, 1.82) is 0 Å². The van der Waals surface area contributed by atoms with Crippen LogP contribution < -0.4 is 9.47 Å². The first-order chi connectivity index (χ1) is 10.3. The van der Waals surface area contributed by atoms with Gasteiger partial charge >= 0.3 is 0 Å². The summed E-state index contributed by atoms with van der Waals surface area (Å²) in [5.41, 5.74) is 1.86. The first-order valence-corrected chi connectivity index (χ1v) is 6.90. The van der Waals surface area contributed by atoms with E-state index in [0.29, 0.717) is 13.2 Å². The lowest BCUT2D eigenvalue weighted by Crippen LogP contribution is -2.01. The summed E-state index contributed by atoms with van der Waals surface area (Å²) >= 11 is 0. The molecule has 2 aromatic rings. The fourth-order valence-electron chi connectivity index (χ4n) is 1.74. The van der Waals surface area contributed by atoms with Gasteiger partial charge in [0.1, 0.15) is 18.1 Å². The molecule has 0 atom stereocenters. The molecule has 0 saturated heterocycles. The SMILES string of the molecule is CCOc1ccc(C#Cc2ccc(OCCO)cc2)cc1. The Hall–Kier alpha value is -2.44. The van der Waals surface area contributed by atoms with Gasteiger partial charge in [-0.05, 0) is 55.5 Å². The minimum Gasteiger partial charge on any atom is -0.494 e. The smallest absolute Gasteiger partial charge is 0.119 e. The van der Waals surface area contributed by atoms with Crippen LogP contribution in [-0.4, -0.2) is 24.9 Å². The Balaban J connectivity index is 2.01. The fourth-order valence-corrected chi connectivity index (χ4v) is 1.74.